The Morgan fingerprint density at radius 3 is 2.86 bits per heavy atom. The Balaban J connectivity index is 4.33. The van der Waals surface area contributed by atoms with E-state index in [-0.39, 0.29) is 5.71 Å². The van der Waals surface area contributed by atoms with Crippen molar-refractivity contribution in [3.63, 3.8) is 0 Å². The van der Waals surface area contributed by atoms with Crippen molar-refractivity contribution < 1.29 is 9.53 Å². The fraction of sp³-hybridized carbons (Fsp3) is 0.400. The number of nitrogens with two attached hydrogens (primary N) is 1. The van der Waals surface area contributed by atoms with Gasteiger partial charge in [0.2, 0.25) is 0 Å². The van der Waals surface area contributed by atoms with Crippen molar-refractivity contribution in [1.82, 2.24) is 0 Å². The van der Waals surface area contributed by atoms with Crippen LogP contribution in [0.2, 0.25) is 0 Å². The van der Waals surface area contributed by atoms with Crippen molar-refractivity contribution in [2.75, 3.05) is 13.2 Å². The molecule has 0 aromatic carbocycles. The first-order valence-corrected chi connectivity index (χ1v) is 4.47. The second-order valence-electron chi connectivity index (χ2n) is 2.42. The van der Waals surface area contributed by atoms with Gasteiger partial charge in [0.15, 0.2) is 0 Å². The molecule has 14 heavy (non-hydrogen) atoms. The van der Waals surface area contributed by atoms with Gasteiger partial charge < -0.3 is 10.5 Å². The van der Waals surface area contributed by atoms with Crippen LogP contribution < -0.4 is 5.73 Å². The number of esters is 1. The monoisotopic (exact) mass is 196 g/mol. The Hall–Kier alpha value is -1.58. The first kappa shape index (κ1) is 12.4. The standard InChI is InChI=1S/C10H16N2O2/c1-3-5-8-12-9(6-7-11)10(13)14-4-2/h3,6-7H,1,4-5,8,11H2,2H3. The molecule has 0 saturated carbocycles. The molecule has 0 radical (unpaired) electrons. The van der Waals surface area contributed by atoms with Crippen LogP contribution in [-0.4, -0.2) is 24.8 Å². The van der Waals surface area contributed by atoms with Crippen molar-refractivity contribution in [1.29, 1.82) is 0 Å². The number of carbonyl (C=O) groups is 1. The van der Waals surface area contributed by atoms with Crippen LogP contribution in [0.25, 0.3) is 0 Å². The van der Waals surface area contributed by atoms with Crippen LogP contribution >= 0.6 is 0 Å². The highest BCUT2D eigenvalue weighted by molar-refractivity contribution is 6.41. The average molecular weight is 196 g/mol. The van der Waals surface area contributed by atoms with Gasteiger partial charge in [-0.3, -0.25) is 4.99 Å². The summed E-state index contributed by atoms with van der Waals surface area (Å²) < 4.78 is 4.78. The molecule has 0 saturated heterocycles. The van der Waals surface area contributed by atoms with Crippen LogP contribution in [0.4, 0.5) is 0 Å². The van der Waals surface area contributed by atoms with Gasteiger partial charge in [0.25, 0.3) is 0 Å². The maximum Gasteiger partial charge on any atom is 0.356 e. The van der Waals surface area contributed by atoms with E-state index in [1.54, 1.807) is 13.0 Å². The molecule has 78 valence electrons. The first-order chi connectivity index (χ1) is 6.76. The molecule has 0 aliphatic heterocycles. The first-order valence-electron chi connectivity index (χ1n) is 4.47. The van der Waals surface area contributed by atoms with E-state index >= 15 is 0 Å². The summed E-state index contributed by atoms with van der Waals surface area (Å²) in [5, 5.41) is 0. The van der Waals surface area contributed by atoms with Crippen LogP contribution in [0.3, 0.4) is 0 Å². The van der Waals surface area contributed by atoms with E-state index in [1.807, 2.05) is 0 Å². The molecule has 0 spiro atoms. The number of hydrogen-bond acceptors (Lipinski definition) is 4. The number of carbonyl (C=O) groups excluding carboxylic acids is 1. The van der Waals surface area contributed by atoms with E-state index in [1.165, 1.54) is 12.3 Å². The maximum atomic E-state index is 11.2. The number of ether oxygens (including phenoxy) is 1. The molecule has 0 rings (SSSR count). The van der Waals surface area contributed by atoms with Gasteiger partial charge in [0.05, 0.1) is 6.61 Å². The Morgan fingerprint density at radius 1 is 1.64 bits per heavy atom. The highest BCUT2D eigenvalue weighted by atomic mass is 16.5. The van der Waals surface area contributed by atoms with Crippen LogP contribution in [0.1, 0.15) is 13.3 Å². The fourth-order valence-electron chi connectivity index (χ4n) is 0.758. The van der Waals surface area contributed by atoms with Crippen molar-refractivity contribution >= 4 is 11.7 Å². The molecule has 0 aromatic rings. The van der Waals surface area contributed by atoms with E-state index in [4.69, 9.17) is 10.5 Å². The quantitative estimate of drug-likeness (QED) is 0.299. The maximum absolute atomic E-state index is 11.2. The molecule has 0 heterocycles. The fourth-order valence-corrected chi connectivity index (χ4v) is 0.758. The summed E-state index contributed by atoms with van der Waals surface area (Å²) >= 11 is 0. The minimum Gasteiger partial charge on any atom is -0.461 e. The summed E-state index contributed by atoms with van der Waals surface area (Å²) in [4.78, 5) is 15.3. The molecular weight excluding hydrogens is 180 g/mol. The summed E-state index contributed by atoms with van der Waals surface area (Å²) in [6, 6.07) is 0. The lowest BCUT2D eigenvalue weighted by molar-refractivity contribution is -0.134. The van der Waals surface area contributed by atoms with Gasteiger partial charge in [-0.1, -0.05) is 6.08 Å². The highest BCUT2D eigenvalue weighted by Gasteiger charge is 2.07. The van der Waals surface area contributed by atoms with Gasteiger partial charge in [0, 0.05) is 6.54 Å². The lowest BCUT2D eigenvalue weighted by Gasteiger charge is -2.00. The molecule has 0 aliphatic carbocycles. The largest absolute Gasteiger partial charge is 0.461 e. The molecule has 2 N–H and O–H groups in total. The Labute approximate surface area is 84.2 Å². The molecular formula is C10H16N2O2. The van der Waals surface area contributed by atoms with E-state index in [0.29, 0.717) is 13.2 Å². The highest BCUT2D eigenvalue weighted by Crippen LogP contribution is 1.90. The number of aliphatic imine (C=N–C) groups is 1. The van der Waals surface area contributed by atoms with E-state index in [9.17, 15) is 4.79 Å². The Kier molecular flexibility index (Phi) is 7.13. The third-order valence-electron chi connectivity index (χ3n) is 1.35. The number of rotatable bonds is 6. The van der Waals surface area contributed by atoms with Crippen molar-refractivity contribution in [2.24, 2.45) is 10.7 Å². The van der Waals surface area contributed by atoms with Gasteiger partial charge in [-0.2, -0.15) is 0 Å². The molecule has 0 fully saturated rings. The molecule has 0 aliphatic rings. The van der Waals surface area contributed by atoms with Gasteiger partial charge >= 0.3 is 5.97 Å². The zero-order valence-electron chi connectivity index (χ0n) is 8.40. The lowest BCUT2D eigenvalue weighted by Crippen LogP contribution is -2.16. The SMILES string of the molecule is C=CCCN=C(C=CN)C(=O)OCC. The molecule has 4 heteroatoms. The second kappa shape index (κ2) is 8.04. The third-order valence-corrected chi connectivity index (χ3v) is 1.35. The normalized spacial score (nSPS) is 11.6. The minimum atomic E-state index is -0.446. The van der Waals surface area contributed by atoms with Gasteiger partial charge in [0.1, 0.15) is 5.71 Å². The van der Waals surface area contributed by atoms with Crippen LogP contribution in [0.15, 0.2) is 29.9 Å². The van der Waals surface area contributed by atoms with Crippen molar-refractivity contribution in [3.8, 4) is 0 Å². The summed E-state index contributed by atoms with van der Waals surface area (Å²) in [7, 11) is 0. The van der Waals surface area contributed by atoms with Crippen LogP contribution in [0.5, 0.6) is 0 Å². The topological polar surface area (TPSA) is 64.7 Å². The smallest absolute Gasteiger partial charge is 0.356 e. The number of hydrogen-bond donors (Lipinski definition) is 1. The zero-order chi connectivity index (χ0) is 10.8. The Morgan fingerprint density at radius 2 is 2.36 bits per heavy atom. The molecule has 0 bridgehead atoms. The Bertz CT molecular complexity index is 245. The van der Waals surface area contributed by atoms with Gasteiger partial charge in [-0.05, 0) is 25.6 Å². The second-order valence-corrected chi connectivity index (χ2v) is 2.42. The van der Waals surface area contributed by atoms with Gasteiger partial charge in [-0.15, -0.1) is 6.58 Å². The van der Waals surface area contributed by atoms with Crippen molar-refractivity contribution in [3.05, 3.63) is 24.9 Å². The van der Waals surface area contributed by atoms with E-state index < -0.39 is 5.97 Å². The molecule has 0 atom stereocenters. The molecule has 0 unspecified atom stereocenters. The minimum absolute atomic E-state index is 0.246. The number of nitrogens with zero attached hydrogens (tertiary/aromatic N) is 1. The predicted octanol–water partition coefficient (Wildman–Crippen LogP) is 1.04. The molecule has 0 aromatic heterocycles. The third kappa shape index (κ3) is 5.13. The van der Waals surface area contributed by atoms with Crippen LogP contribution in [0, 0.1) is 0 Å². The molecule has 0 amide bonds. The lowest BCUT2D eigenvalue weighted by atomic mass is 10.3. The summed E-state index contributed by atoms with van der Waals surface area (Å²) in [5.41, 5.74) is 5.42. The zero-order valence-corrected chi connectivity index (χ0v) is 8.40. The summed E-state index contributed by atoms with van der Waals surface area (Å²) in [5.74, 6) is -0.446. The van der Waals surface area contributed by atoms with Crippen molar-refractivity contribution in [2.45, 2.75) is 13.3 Å². The van der Waals surface area contributed by atoms with E-state index in [0.717, 1.165) is 6.42 Å². The summed E-state index contributed by atoms with van der Waals surface area (Å²) in [6.45, 7) is 6.14. The molecule has 4 nitrogen and oxygen atoms in total. The van der Waals surface area contributed by atoms with E-state index in [2.05, 4.69) is 11.6 Å². The summed E-state index contributed by atoms with van der Waals surface area (Å²) in [6.07, 6.45) is 5.16. The average Bonchev–Trinajstić information content (AvgIpc) is 2.17. The van der Waals surface area contributed by atoms with Crippen LogP contribution in [-0.2, 0) is 9.53 Å². The predicted molar refractivity (Wildman–Crippen MR) is 57.1 cm³/mol. The van der Waals surface area contributed by atoms with Gasteiger partial charge in [-0.25, -0.2) is 4.79 Å².